The molecule has 27 heavy (non-hydrogen) atoms. The first-order valence-electron chi connectivity index (χ1n) is 7.87. The molecule has 6 nitrogen and oxygen atoms in total. The Kier molecular flexibility index (Phi) is 6.27. The number of carbonyl (C=O) groups is 2. The van der Waals surface area contributed by atoms with Crippen molar-refractivity contribution in [2.75, 3.05) is 17.7 Å². The summed E-state index contributed by atoms with van der Waals surface area (Å²) >= 11 is 0. The predicted molar refractivity (Wildman–Crippen MR) is 93.0 cm³/mol. The van der Waals surface area contributed by atoms with Gasteiger partial charge >= 0.3 is 6.36 Å². The van der Waals surface area contributed by atoms with Crippen LogP contribution in [0.15, 0.2) is 42.5 Å². The molecule has 0 radical (unpaired) electrons. The molecule has 0 saturated heterocycles. The van der Waals surface area contributed by atoms with Crippen LogP contribution in [0.1, 0.15) is 23.7 Å². The van der Waals surface area contributed by atoms with Crippen LogP contribution in [0.25, 0.3) is 0 Å². The van der Waals surface area contributed by atoms with Crippen LogP contribution in [0.5, 0.6) is 11.5 Å². The van der Waals surface area contributed by atoms with Gasteiger partial charge in [-0.3, -0.25) is 9.59 Å². The van der Waals surface area contributed by atoms with E-state index in [4.69, 9.17) is 4.74 Å². The van der Waals surface area contributed by atoms with E-state index in [0.29, 0.717) is 11.4 Å². The highest BCUT2D eigenvalue weighted by Crippen LogP contribution is 2.27. The minimum atomic E-state index is -4.78. The molecule has 0 bridgehead atoms. The normalized spacial score (nSPS) is 10.9. The van der Waals surface area contributed by atoms with Gasteiger partial charge < -0.3 is 20.1 Å². The van der Waals surface area contributed by atoms with Crippen LogP contribution >= 0.6 is 0 Å². The van der Waals surface area contributed by atoms with Gasteiger partial charge in [0.15, 0.2) is 0 Å². The molecule has 0 fully saturated rings. The lowest BCUT2D eigenvalue weighted by atomic mass is 10.1. The van der Waals surface area contributed by atoms with Gasteiger partial charge in [-0.25, -0.2) is 0 Å². The molecule has 2 N–H and O–H groups in total. The van der Waals surface area contributed by atoms with E-state index in [1.165, 1.54) is 37.4 Å². The van der Waals surface area contributed by atoms with Crippen molar-refractivity contribution in [1.29, 1.82) is 0 Å². The molecule has 0 unspecified atom stereocenters. The first-order chi connectivity index (χ1) is 12.7. The van der Waals surface area contributed by atoms with Crippen LogP contribution in [-0.4, -0.2) is 25.3 Å². The van der Waals surface area contributed by atoms with Gasteiger partial charge in [0.2, 0.25) is 5.91 Å². The number of amides is 2. The van der Waals surface area contributed by atoms with Crippen molar-refractivity contribution in [2.45, 2.75) is 19.7 Å². The van der Waals surface area contributed by atoms with E-state index in [2.05, 4.69) is 15.4 Å². The number of carbonyl (C=O) groups excluding carboxylic acids is 2. The first kappa shape index (κ1) is 20.1. The molecule has 0 saturated carbocycles. The van der Waals surface area contributed by atoms with Gasteiger partial charge in [0.1, 0.15) is 11.5 Å². The molecule has 2 aromatic rings. The van der Waals surface area contributed by atoms with Gasteiger partial charge in [-0.2, -0.15) is 0 Å². The van der Waals surface area contributed by atoms with Gasteiger partial charge in [0, 0.05) is 17.7 Å². The van der Waals surface area contributed by atoms with Crippen LogP contribution in [0, 0.1) is 0 Å². The van der Waals surface area contributed by atoms with Crippen molar-refractivity contribution in [3.05, 3.63) is 48.0 Å². The second-order valence-corrected chi connectivity index (χ2v) is 5.34. The fourth-order valence-electron chi connectivity index (χ4n) is 2.13. The molecule has 0 atom stereocenters. The first-order valence-corrected chi connectivity index (χ1v) is 7.87. The summed E-state index contributed by atoms with van der Waals surface area (Å²) in [6.45, 7) is 1.69. The molecule has 0 heterocycles. The van der Waals surface area contributed by atoms with Gasteiger partial charge in [-0.15, -0.1) is 13.2 Å². The Morgan fingerprint density at radius 2 is 1.70 bits per heavy atom. The molecule has 0 aliphatic heterocycles. The quantitative estimate of drug-likeness (QED) is 0.785. The van der Waals surface area contributed by atoms with E-state index in [1.807, 2.05) is 0 Å². The van der Waals surface area contributed by atoms with Crippen LogP contribution in [-0.2, 0) is 4.79 Å². The Labute approximate surface area is 153 Å². The highest BCUT2D eigenvalue weighted by atomic mass is 19.4. The topological polar surface area (TPSA) is 76.7 Å². The van der Waals surface area contributed by atoms with Crippen LogP contribution in [0.3, 0.4) is 0 Å². The van der Waals surface area contributed by atoms with Crippen LogP contribution in [0.4, 0.5) is 24.5 Å². The zero-order valence-electron chi connectivity index (χ0n) is 14.5. The van der Waals surface area contributed by atoms with Crippen molar-refractivity contribution in [3.8, 4) is 11.5 Å². The van der Waals surface area contributed by atoms with Gasteiger partial charge in [0.05, 0.1) is 12.8 Å². The highest BCUT2D eigenvalue weighted by molar-refractivity contribution is 6.05. The number of anilines is 2. The summed E-state index contributed by atoms with van der Waals surface area (Å²) in [5, 5.41) is 5.18. The van der Waals surface area contributed by atoms with Crippen molar-refractivity contribution in [1.82, 2.24) is 0 Å². The number of methoxy groups -OCH3 is 1. The maximum absolute atomic E-state index is 12.4. The number of alkyl halides is 3. The van der Waals surface area contributed by atoms with E-state index in [-0.39, 0.29) is 23.6 Å². The van der Waals surface area contributed by atoms with Gasteiger partial charge in [-0.05, 0) is 42.5 Å². The van der Waals surface area contributed by atoms with Crippen LogP contribution < -0.4 is 20.1 Å². The van der Waals surface area contributed by atoms with Crippen molar-refractivity contribution >= 4 is 23.2 Å². The monoisotopic (exact) mass is 382 g/mol. The Morgan fingerprint density at radius 1 is 1.04 bits per heavy atom. The summed E-state index contributed by atoms with van der Waals surface area (Å²) < 4.78 is 45.4. The maximum atomic E-state index is 12.4. The van der Waals surface area contributed by atoms with Crippen molar-refractivity contribution in [2.24, 2.45) is 0 Å². The number of ether oxygens (including phenoxy) is 2. The van der Waals surface area contributed by atoms with Crippen LogP contribution in [0.2, 0.25) is 0 Å². The SMILES string of the molecule is CCC(=O)Nc1cc(C(=O)Nc2ccc(OC(F)(F)F)cc2)ccc1OC. The van der Waals surface area contributed by atoms with E-state index in [9.17, 15) is 22.8 Å². The summed E-state index contributed by atoms with van der Waals surface area (Å²) in [5.41, 5.74) is 0.855. The Bertz CT molecular complexity index is 820. The lowest BCUT2D eigenvalue weighted by molar-refractivity contribution is -0.274. The van der Waals surface area contributed by atoms with E-state index in [0.717, 1.165) is 12.1 Å². The van der Waals surface area contributed by atoms with Gasteiger partial charge in [-0.1, -0.05) is 6.92 Å². The standard InChI is InChI=1S/C18H17F3N2O4/c1-3-16(24)23-14-10-11(4-9-15(14)26-2)17(25)22-12-5-7-13(8-6-12)27-18(19,20)21/h4-10H,3H2,1-2H3,(H,22,25)(H,23,24). The Balaban J connectivity index is 2.13. The molecule has 2 aromatic carbocycles. The third kappa shape index (κ3) is 5.91. The molecule has 144 valence electrons. The fraction of sp³-hybridized carbons (Fsp3) is 0.222. The summed E-state index contributed by atoms with van der Waals surface area (Å²) in [7, 11) is 1.43. The number of hydrogen-bond donors (Lipinski definition) is 2. The molecular weight excluding hydrogens is 365 g/mol. The Morgan fingerprint density at radius 3 is 2.26 bits per heavy atom. The highest BCUT2D eigenvalue weighted by Gasteiger charge is 2.30. The average molecular weight is 382 g/mol. The molecule has 0 spiro atoms. The summed E-state index contributed by atoms with van der Waals surface area (Å²) in [4.78, 5) is 24.0. The minimum Gasteiger partial charge on any atom is -0.495 e. The molecule has 2 rings (SSSR count). The predicted octanol–water partition coefficient (Wildman–Crippen LogP) is 4.19. The fourth-order valence-corrected chi connectivity index (χ4v) is 2.13. The zero-order valence-corrected chi connectivity index (χ0v) is 14.5. The largest absolute Gasteiger partial charge is 0.573 e. The second kappa shape index (κ2) is 8.43. The van der Waals surface area contributed by atoms with Gasteiger partial charge in [0.25, 0.3) is 5.91 Å². The number of halogens is 3. The lowest BCUT2D eigenvalue weighted by Gasteiger charge is -2.12. The molecule has 0 aromatic heterocycles. The average Bonchev–Trinajstić information content (AvgIpc) is 2.62. The number of rotatable bonds is 6. The van der Waals surface area contributed by atoms with E-state index >= 15 is 0 Å². The number of hydrogen-bond acceptors (Lipinski definition) is 4. The smallest absolute Gasteiger partial charge is 0.495 e. The molecule has 2 amide bonds. The van der Waals surface area contributed by atoms with E-state index in [1.54, 1.807) is 6.92 Å². The maximum Gasteiger partial charge on any atom is 0.573 e. The third-order valence-corrected chi connectivity index (χ3v) is 3.40. The summed E-state index contributed by atoms with van der Waals surface area (Å²) in [6, 6.07) is 9.21. The summed E-state index contributed by atoms with van der Waals surface area (Å²) in [5.74, 6) is -0.753. The number of nitrogens with one attached hydrogen (secondary N) is 2. The molecular formula is C18H17F3N2O4. The number of benzene rings is 2. The molecule has 0 aliphatic rings. The second-order valence-electron chi connectivity index (χ2n) is 5.34. The third-order valence-electron chi connectivity index (χ3n) is 3.40. The molecule has 9 heteroatoms. The Hall–Kier alpha value is -3.23. The summed E-state index contributed by atoms with van der Waals surface area (Å²) in [6.07, 6.45) is -4.53. The van der Waals surface area contributed by atoms with Crippen molar-refractivity contribution < 1.29 is 32.2 Å². The van der Waals surface area contributed by atoms with Crippen molar-refractivity contribution in [3.63, 3.8) is 0 Å². The zero-order chi connectivity index (χ0) is 20.0. The molecule has 0 aliphatic carbocycles. The minimum absolute atomic E-state index is 0.234. The van der Waals surface area contributed by atoms with E-state index < -0.39 is 18.0 Å². The lowest BCUT2D eigenvalue weighted by Crippen LogP contribution is -2.17.